The van der Waals surface area contributed by atoms with Gasteiger partial charge in [0.25, 0.3) is 5.91 Å². The van der Waals surface area contributed by atoms with Crippen molar-refractivity contribution in [3.63, 3.8) is 0 Å². The second-order valence-corrected chi connectivity index (χ2v) is 7.62. The van der Waals surface area contributed by atoms with Crippen molar-refractivity contribution < 1.29 is 13.4 Å². The maximum atomic E-state index is 12.5. The summed E-state index contributed by atoms with van der Waals surface area (Å²) in [4.78, 5) is 17.2. The van der Waals surface area contributed by atoms with Crippen LogP contribution in [0.15, 0.2) is 45.7 Å². The summed E-state index contributed by atoms with van der Waals surface area (Å²) in [6.45, 7) is 5.13. The molecule has 24 heavy (non-hydrogen) atoms. The number of furan rings is 1. The first-order valence-corrected chi connectivity index (χ1v) is 9.36. The molecule has 0 aliphatic carbocycles. The normalized spacial score (nSPS) is 17.0. The van der Waals surface area contributed by atoms with Gasteiger partial charge in [0.15, 0.2) is 5.76 Å². The number of amides is 1. The first kappa shape index (κ1) is 16.9. The molecule has 2 aromatic rings. The smallest absolute Gasteiger partial charge is 0.289 e. The summed E-state index contributed by atoms with van der Waals surface area (Å²) in [5.74, 6) is 1.10. The van der Waals surface area contributed by atoms with E-state index in [2.05, 4.69) is 4.90 Å². The van der Waals surface area contributed by atoms with Crippen molar-refractivity contribution in [2.45, 2.75) is 17.6 Å². The molecule has 0 N–H and O–H groups in total. The van der Waals surface area contributed by atoms with E-state index in [4.69, 9.17) is 4.42 Å². The number of piperazine rings is 1. The quantitative estimate of drug-likeness (QED) is 0.852. The molecule has 1 saturated heterocycles. The summed E-state index contributed by atoms with van der Waals surface area (Å²) in [7, 11) is 0.870. The summed E-state index contributed by atoms with van der Waals surface area (Å²) in [5.41, 5.74) is 1.08. The lowest BCUT2D eigenvalue weighted by atomic mass is 10.2. The van der Waals surface area contributed by atoms with E-state index in [0.717, 1.165) is 23.5 Å². The second-order valence-electron chi connectivity index (χ2n) is 6.17. The third-order valence-electron chi connectivity index (χ3n) is 4.19. The minimum absolute atomic E-state index is 0.0873. The van der Waals surface area contributed by atoms with Crippen molar-refractivity contribution in [1.82, 2.24) is 9.80 Å². The Balaban J connectivity index is 1.65. The van der Waals surface area contributed by atoms with Crippen LogP contribution in [-0.4, -0.2) is 53.1 Å². The van der Waals surface area contributed by atoms with Crippen molar-refractivity contribution >= 4 is 16.7 Å². The van der Waals surface area contributed by atoms with Crippen molar-refractivity contribution in [1.29, 1.82) is 0 Å². The summed E-state index contributed by atoms with van der Waals surface area (Å²) in [6.07, 6.45) is 0. The van der Waals surface area contributed by atoms with Crippen LogP contribution in [0, 0.1) is 6.92 Å². The highest BCUT2D eigenvalue weighted by atomic mass is 32.2. The number of nitrogens with zero attached hydrogens (tertiary/aromatic N) is 2. The van der Waals surface area contributed by atoms with Crippen molar-refractivity contribution in [3.05, 3.63) is 53.5 Å². The highest BCUT2D eigenvalue weighted by molar-refractivity contribution is 7.84. The highest BCUT2D eigenvalue weighted by Crippen LogP contribution is 2.17. The van der Waals surface area contributed by atoms with Gasteiger partial charge in [-0.15, -0.1) is 0 Å². The van der Waals surface area contributed by atoms with Crippen LogP contribution in [0.2, 0.25) is 0 Å². The Morgan fingerprint density at radius 3 is 2.62 bits per heavy atom. The number of hydrogen-bond acceptors (Lipinski definition) is 4. The Morgan fingerprint density at radius 2 is 1.92 bits per heavy atom. The van der Waals surface area contributed by atoms with Crippen LogP contribution in [0.4, 0.5) is 0 Å². The molecule has 2 heterocycles. The highest BCUT2D eigenvalue weighted by Gasteiger charge is 2.23. The molecule has 128 valence electrons. The van der Waals surface area contributed by atoms with E-state index in [1.165, 1.54) is 0 Å². The average molecular weight is 346 g/mol. The molecule has 1 aromatic heterocycles. The van der Waals surface area contributed by atoms with E-state index in [9.17, 15) is 9.00 Å². The zero-order valence-corrected chi connectivity index (χ0v) is 14.8. The van der Waals surface area contributed by atoms with Gasteiger partial charge in [0.2, 0.25) is 0 Å². The topological polar surface area (TPSA) is 53.8 Å². The van der Waals surface area contributed by atoms with E-state index >= 15 is 0 Å². The van der Waals surface area contributed by atoms with E-state index in [0.29, 0.717) is 24.6 Å². The molecular formula is C18H22N2O3S. The van der Waals surface area contributed by atoms with Crippen LogP contribution in [-0.2, 0) is 16.6 Å². The molecule has 1 aromatic carbocycles. The molecule has 1 amide bonds. The third kappa shape index (κ3) is 3.94. The summed E-state index contributed by atoms with van der Waals surface area (Å²) >= 11 is 0. The zero-order valence-electron chi connectivity index (χ0n) is 14.0. The molecule has 0 radical (unpaired) electrons. The first-order valence-electron chi connectivity index (χ1n) is 8.04. The molecule has 0 spiro atoms. The molecule has 1 atom stereocenters. The fourth-order valence-electron chi connectivity index (χ4n) is 2.71. The number of benzene rings is 1. The SMILES string of the molecule is Cc1cccc(S(=O)Cc2ccc(C(=O)N3CCN(C)CC3)o2)c1. The maximum Gasteiger partial charge on any atom is 0.289 e. The minimum atomic E-state index is -1.18. The first-order chi connectivity index (χ1) is 11.5. The predicted octanol–water partition coefficient (Wildman–Crippen LogP) is 2.28. The van der Waals surface area contributed by atoms with Gasteiger partial charge in [-0.2, -0.15) is 0 Å². The lowest BCUT2D eigenvalue weighted by molar-refractivity contribution is 0.0631. The van der Waals surface area contributed by atoms with Crippen molar-refractivity contribution in [3.8, 4) is 0 Å². The Labute approximate surface area is 144 Å². The molecule has 1 aliphatic heterocycles. The van der Waals surface area contributed by atoms with Gasteiger partial charge in [-0.05, 0) is 43.8 Å². The number of aryl methyl sites for hydroxylation is 1. The molecule has 6 heteroatoms. The maximum absolute atomic E-state index is 12.5. The van der Waals surface area contributed by atoms with Gasteiger partial charge in [-0.1, -0.05) is 12.1 Å². The number of hydrogen-bond donors (Lipinski definition) is 0. The van der Waals surface area contributed by atoms with E-state index < -0.39 is 10.8 Å². The molecule has 1 fully saturated rings. The van der Waals surface area contributed by atoms with Crippen molar-refractivity contribution in [2.75, 3.05) is 33.2 Å². The van der Waals surface area contributed by atoms with Gasteiger partial charge in [-0.3, -0.25) is 9.00 Å². The fourth-order valence-corrected chi connectivity index (χ4v) is 3.83. The largest absolute Gasteiger partial charge is 0.455 e. The van der Waals surface area contributed by atoms with E-state index in [1.807, 2.05) is 38.2 Å². The van der Waals surface area contributed by atoms with Gasteiger partial charge in [0.05, 0.1) is 16.6 Å². The monoisotopic (exact) mass is 346 g/mol. The van der Waals surface area contributed by atoms with Crippen LogP contribution in [0.1, 0.15) is 21.9 Å². The van der Waals surface area contributed by atoms with Gasteiger partial charge in [0, 0.05) is 31.1 Å². The number of likely N-dealkylation sites (N-methyl/N-ethyl adjacent to an activating group) is 1. The van der Waals surface area contributed by atoms with Gasteiger partial charge >= 0.3 is 0 Å². The zero-order chi connectivity index (χ0) is 17.1. The van der Waals surface area contributed by atoms with Gasteiger partial charge in [-0.25, -0.2) is 0 Å². The Hall–Kier alpha value is -1.92. The summed E-state index contributed by atoms with van der Waals surface area (Å²) < 4.78 is 18.1. The molecular weight excluding hydrogens is 324 g/mol. The minimum Gasteiger partial charge on any atom is -0.455 e. The molecule has 1 unspecified atom stereocenters. The average Bonchev–Trinajstić information content (AvgIpc) is 3.03. The fraction of sp³-hybridized carbons (Fsp3) is 0.389. The van der Waals surface area contributed by atoms with E-state index in [1.54, 1.807) is 17.0 Å². The van der Waals surface area contributed by atoms with Crippen LogP contribution >= 0.6 is 0 Å². The van der Waals surface area contributed by atoms with E-state index in [-0.39, 0.29) is 11.7 Å². The Kier molecular flexibility index (Phi) is 5.16. The number of carbonyl (C=O) groups excluding carboxylic acids is 1. The van der Waals surface area contributed by atoms with Crippen LogP contribution < -0.4 is 0 Å². The predicted molar refractivity (Wildman–Crippen MR) is 93.4 cm³/mol. The lowest BCUT2D eigenvalue weighted by Gasteiger charge is -2.31. The molecule has 3 rings (SSSR count). The lowest BCUT2D eigenvalue weighted by Crippen LogP contribution is -2.47. The number of carbonyl (C=O) groups is 1. The third-order valence-corrected chi connectivity index (χ3v) is 5.52. The summed E-state index contributed by atoms with van der Waals surface area (Å²) in [5, 5.41) is 0. The Morgan fingerprint density at radius 1 is 1.17 bits per heavy atom. The van der Waals surface area contributed by atoms with Gasteiger partial charge in [0.1, 0.15) is 5.76 Å². The van der Waals surface area contributed by atoms with Crippen LogP contribution in [0.3, 0.4) is 0 Å². The Bertz CT molecular complexity index is 748. The standard InChI is InChI=1S/C18H22N2O3S/c1-14-4-3-5-16(12-14)24(22)13-15-6-7-17(23-15)18(21)20-10-8-19(2)9-11-20/h3-7,12H,8-11,13H2,1-2H3. The number of rotatable bonds is 4. The van der Waals surface area contributed by atoms with Gasteiger partial charge < -0.3 is 14.2 Å². The molecule has 5 nitrogen and oxygen atoms in total. The molecule has 0 saturated carbocycles. The van der Waals surface area contributed by atoms with Crippen molar-refractivity contribution in [2.24, 2.45) is 0 Å². The van der Waals surface area contributed by atoms with Crippen LogP contribution in [0.5, 0.6) is 0 Å². The molecule has 0 bridgehead atoms. The molecule has 1 aliphatic rings. The van der Waals surface area contributed by atoms with Crippen LogP contribution in [0.25, 0.3) is 0 Å². The second kappa shape index (κ2) is 7.32. The summed E-state index contributed by atoms with van der Waals surface area (Å²) in [6, 6.07) is 11.1.